The van der Waals surface area contributed by atoms with E-state index in [4.69, 9.17) is 9.47 Å². The van der Waals surface area contributed by atoms with E-state index < -0.39 is 11.8 Å². The molecule has 0 aromatic heterocycles. The van der Waals surface area contributed by atoms with Crippen molar-refractivity contribution in [2.75, 3.05) is 6.61 Å². The number of unbranched alkanes of at least 4 members (excludes halogenated alkanes) is 6. The van der Waals surface area contributed by atoms with E-state index in [9.17, 15) is 9.18 Å². The monoisotopic (exact) mass is 458 g/mol. The predicted octanol–water partition coefficient (Wildman–Crippen LogP) is 7.57. The van der Waals surface area contributed by atoms with Crippen LogP contribution in [-0.2, 0) is 0 Å². The maximum atomic E-state index is 13.7. The second-order valence-electron chi connectivity index (χ2n) is 8.14. The lowest BCUT2D eigenvalue weighted by Crippen LogP contribution is -2.09. The fourth-order valence-electron chi connectivity index (χ4n) is 3.40. The first kappa shape index (κ1) is 25.1. The van der Waals surface area contributed by atoms with Crippen molar-refractivity contribution in [2.24, 2.45) is 0 Å². The highest BCUT2D eigenvalue weighted by Gasteiger charge is 2.11. The molecular formula is C30H31FO3. The molecule has 4 heteroatoms. The molecule has 0 unspecified atom stereocenters. The van der Waals surface area contributed by atoms with Gasteiger partial charge in [-0.1, -0.05) is 69.4 Å². The van der Waals surface area contributed by atoms with Gasteiger partial charge in [-0.05, 0) is 67.1 Å². The van der Waals surface area contributed by atoms with Gasteiger partial charge in [0.15, 0.2) is 11.6 Å². The Balaban J connectivity index is 1.44. The molecule has 0 radical (unpaired) electrons. The third kappa shape index (κ3) is 8.41. The minimum absolute atomic E-state index is 0.0915. The fraction of sp³-hybridized carbons (Fsp3) is 0.300. The van der Waals surface area contributed by atoms with Gasteiger partial charge >= 0.3 is 5.97 Å². The molecule has 0 spiro atoms. The number of ether oxygens (including phenoxy) is 2. The summed E-state index contributed by atoms with van der Waals surface area (Å²) in [7, 11) is 0. The molecule has 0 aliphatic heterocycles. The van der Waals surface area contributed by atoms with Crippen LogP contribution in [0.3, 0.4) is 0 Å². The van der Waals surface area contributed by atoms with Crippen LogP contribution in [0.4, 0.5) is 4.39 Å². The van der Waals surface area contributed by atoms with Crippen LogP contribution in [0.25, 0.3) is 0 Å². The summed E-state index contributed by atoms with van der Waals surface area (Å²) in [6.07, 6.45) is 8.86. The fourth-order valence-corrected chi connectivity index (χ4v) is 3.40. The summed E-state index contributed by atoms with van der Waals surface area (Å²) in [5, 5.41) is 0. The summed E-state index contributed by atoms with van der Waals surface area (Å²) in [5.74, 6) is 5.77. The molecule has 0 atom stereocenters. The van der Waals surface area contributed by atoms with Crippen LogP contribution in [0, 0.1) is 17.7 Å². The normalized spacial score (nSPS) is 10.3. The van der Waals surface area contributed by atoms with Gasteiger partial charge in [-0.15, -0.1) is 0 Å². The van der Waals surface area contributed by atoms with E-state index in [1.54, 1.807) is 30.3 Å². The molecule has 34 heavy (non-hydrogen) atoms. The van der Waals surface area contributed by atoms with E-state index in [1.807, 2.05) is 24.3 Å². The van der Waals surface area contributed by atoms with Gasteiger partial charge in [0, 0.05) is 11.1 Å². The summed E-state index contributed by atoms with van der Waals surface area (Å²) in [6.45, 7) is 2.98. The Morgan fingerprint density at radius 1 is 0.765 bits per heavy atom. The summed E-state index contributed by atoms with van der Waals surface area (Å²) in [5.41, 5.74) is 1.98. The minimum atomic E-state index is -0.614. The molecule has 0 saturated heterocycles. The number of hydrogen-bond acceptors (Lipinski definition) is 3. The Labute approximate surface area is 201 Å². The Morgan fingerprint density at radius 3 is 2.00 bits per heavy atom. The molecule has 3 aromatic rings. The number of hydrogen-bond donors (Lipinski definition) is 0. The molecule has 3 nitrogen and oxygen atoms in total. The Hall–Kier alpha value is -3.58. The number of para-hydroxylation sites is 1. The summed E-state index contributed by atoms with van der Waals surface area (Å²) in [4.78, 5) is 12.2. The van der Waals surface area contributed by atoms with Crippen molar-refractivity contribution in [1.82, 2.24) is 0 Å². The molecule has 0 fully saturated rings. The van der Waals surface area contributed by atoms with Gasteiger partial charge in [0.25, 0.3) is 0 Å². The Kier molecular flexibility index (Phi) is 10.2. The molecule has 0 heterocycles. The second-order valence-corrected chi connectivity index (χ2v) is 8.14. The van der Waals surface area contributed by atoms with Gasteiger partial charge in [0.1, 0.15) is 5.75 Å². The van der Waals surface area contributed by atoms with Crippen molar-refractivity contribution in [3.8, 4) is 23.3 Å². The largest absolute Gasteiger partial charge is 0.494 e. The number of esters is 1. The first-order valence-corrected chi connectivity index (χ1v) is 12.0. The maximum absolute atomic E-state index is 13.7. The van der Waals surface area contributed by atoms with Gasteiger partial charge in [0.05, 0.1) is 12.2 Å². The minimum Gasteiger partial charge on any atom is -0.494 e. The zero-order valence-corrected chi connectivity index (χ0v) is 19.7. The highest BCUT2D eigenvalue weighted by atomic mass is 19.1. The zero-order valence-electron chi connectivity index (χ0n) is 19.7. The number of benzene rings is 3. The Morgan fingerprint density at radius 2 is 1.35 bits per heavy atom. The van der Waals surface area contributed by atoms with Crippen molar-refractivity contribution in [2.45, 2.75) is 51.9 Å². The lowest BCUT2D eigenvalue weighted by atomic mass is 10.1. The summed E-state index contributed by atoms with van der Waals surface area (Å²) >= 11 is 0. The standard InChI is InChI=1S/C30H31FO3/c1-2-3-4-5-6-7-10-23-33-27-21-17-25(18-22-27)14-13-24-15-19-26(20-16-24)30(32)34-29-12-9-8-11-28(29)31/h8-9,11-12,15-22H,2-7,10,23H2,1H3. The van der Waals surface area contributed by atoms with Crippen molar-refractivity contribution < 1.29 is 18.7 Å². The number of rotatable bonds is 11. The van der Waals surface area contributed by atoms with Crippen LogP contribution in [0.2, 0.25) is 0 Å². The van der Waals surface area contributed by atoms with Gasteiger partial charge in [-0.25, -0.2) is 9.18 Å². The lowest BCUT2D eigenvalue weighted by molar-refractivity contribution is 0.0728. The lowest BCUT2D eigenvalue weighted by Gasteiger charge is -2.06. The van der Waals surface area contributed by atoms with Crippen LogP contribution >= 0.6 is 0 Å². The molecule has 3 aromatic carbocycles. The van der Waals surface area contributed by atoms with Crippen LogP contribution in [-0.4, -0.2) is 12.6 Å². The first-order valence-electron chi connectivity index (χ1n) is 12.0. The van der Waals surface area contributed by atoms with Crippen molar-refractivity contribution in [1.29, 1.82) is 0 Å². The second kappa shape index (κ2) is 13.9. The van der Waals surface area contributed by atoms with Crippen LogP contribution in [0.5, 0.6) is 11.5 Å². The van der Waals surface area contributed by atoms with Crippen molar-refractivity contribution in [3.05, 3.63) is 95.3 Å². The molecule has 176 valence electrons. The van der Waals surface area contributed by atoms with Crippen LogP contribution in [0.15, 0.2) is 72.8 Å². The summed E-state index contributed by atoms with van der Waals surface area (Å²) < 4.78 is 24.6. The van der Waals surface area contributed by atoms with Crippen LogP contribution < -0.4 is 9.47 Å². The summed E-state index contributed by atoms with van der Waals surface area (Å²) in [6, 6.07) is 20.3. The number of carbonyl (C=O) groups excluding carboxylic acids is 1. The average molecular weight is 459 g/mol. The van der Waals surface area contributed by atoms with Crippen LogP contribution in [0.1, 0.15) is 73.4 Å². The molecule has 0 aliphatic rings. The SMILES string of the molecule is CCCCCCCCCOc1ccc(C#Cc2ccc(C(=O)Oc3ccccc3F)cc2)cc1. The molecule has 0 bridgehead atoms. The van der Waals surface area contributed by atoms with E-state index in [0.717, 1.165) is 29.9 Å². The highest BCUT2D eigenvalue weighted by Crippen LogP contribution is 2.18. The van der Waals surface area contributed by atoms with Gasteiger partial charge < -0.3 is 9.47 Å². The van der Waals surface area contributed by atoms with E-state index in [-0.39, 0.29) is 5.75 Å². The average Bonchev–Trinajstić information content (AvgIpc) is 2.87. The van der Waals surface area contributed by atoms with E-state index in [1.165, 1.54) is 56.7 Å². The number of carbonyl (C=O) groups is 1. The predicted molar refractivity (Wildman–Crippen MR) is 134 cm³/mol. The van der Waals surface area contributed by atoms with Crippen molar-refractivity contribution in [3.63, 3.8) is 0 Å². The Bertz CT molecular complexity index is 1090. The first-order chi connectivity index (χ1) is 16.7. The van der Waals surface area contributed by atoms with Gasteiger partial charge in [0.2, 0.25) is 0 Å². The third-order valence-electron chi connectivity index (χ3n) is 5.38. The molecule has 0 N–H and O–H groups in total. The smallest absolute Gasteiger partial charge is 0.343 e. The quantitative estimate of drug-likeness (QED) is 0.129. The van der Waals surface area contributed by atoms with E-state index >= 15 is 0 Å². The van der Waals surface area contributed by atoms with E-state index in [2.05, 4.69) is 18.8 Å². The van der Waals surface area contributed by atoms with Gasteiger partial charge in [-0.3, -0.25) is 0 Å². The maximum Gasteiger partial charge on any atom is 0.343 e. The molecule has 0 amide bonds. The molecular weight excluding hydrogens is 427 g/mol. The third-order valence-corrected chi connectivity index (χ3v) is 5.38. The topological polar surface area (TPSA) is 35.5 Å². The van der Waals surface area contributed by atoms with Crippen molar-refractivity contribution >= 4 is 5.97 Å². The zero-order chi connectivity index (χ0) is 24.0. The molecule has 0 saturated carbocycles. The molecule has 3 rings (SSSR count). The molecule has 0 aliphatic carbocycles. The van der Waals surface area contributed by atoms with E-state index in [0.29, 0.717) is 5.56 Å². The van der Waals surface area contributed by atoms with Gasteiger partial charge in [-0.2, -0.15) is 0 Å². The highest BCUT2D eigenvalue weighted by molar-refractivity contribution is 5.91. The number of halogens is 1.